The van der Waals surface area contributed by atoms with Crippen LogP contribution in [0.3, 0.4) is 0 Å². The average Bonchev–Trinajstić information content (AvgIpc) is 1.98. The lowest BCUT2D eigenvalue weighted by molar-refractivity contribution is 0.782. The van der Waals surface area contributed by atoms with Crippen LogP contribution < -0.4 is 0 Å². The second kappa shape index (κ2) is 4.49. The molecule has 16 heavy (non-hydrogen) atoms. The minimum Gasteiger partial charge on any atom is -0.352 e. The van der Waals surface area contributed by atoms with Crippen molar-refractivity contribution in [1.82, 2.24) is 4.23 Å². The molecule has 0 amide bonds. The second-order valence-electron chi connectivity index (χ2n) is 8.18. The summed E-state index contributed by atoms with van der Waals surface area (Å²) in [6.07, 6.45) is 0. The summed E-state index contributed by atoms with van der Waals surface area (Å²) in [4.78, 5) is 0. The van der Waals surface area contributed by atoms with E-state index in [2.05, 4.69) is 76.7 Å². The molecule has 0 aliphatic heterocycles. The van der Waals surface area contributed by atoms with Crippen LogP contribution in [-0.2, 0) is 0 Å². The fourth-order valence-corrected chi connectivity index (χ4v) is 27.4. The van der Waals surface area contributed by atoms with Crippen molar-refractivity contribution >= 4 is 30.7 Å². The first-order valence-corrected chi connectivity index (χ1v) is 21.3. The maximum absolute atomic E-state index is 2.94. The van der Waals surface area contributed by atoms with Crippen molar-refractivity contribution in [2.24, 2.45) is 0 Å². The second-order valence-corrected chi connectivity index (χ2v) is 41.5. The maximum atomic E-state index is 2.94. The van der Waals surface area contributed by atoms with Crippen LogP contribution in [0.2, 0.25) is 65.5 Å². The first-order chi connectivity index (χ1) is 6.65. The molecule has 0 aliphatic rings. The Morgan fingerprint density at radius 2 is 0.688 bits per heavy atom. The van der Waals surface area contributed by atoms with Gasteiger partial charge in [0.25, 0.3) is 0 Å². The van der Waals surface area contributed by atoms with Crippen LogP contribution in [0.4, 0.5) is 0 Å². The quantitative estimate of drug-likeness (QED) is 0.703. The van der Waals surface area contributed by atoms with E-state index in [1.165, 1.54) is 0 Å². The van der Waals surface area contributed by atoms with Crippen molar-refractivity contribution in [3.8, 4) is 0 Å². The Bertz CT molecular complexity index is 222. The summed E-state index contributed by atoms with van der Waals surface area (Å²) < 4.78 is 2.94. The number of nitrogens with zero attached hydrogens (tertiary/aromatic N) is 1. The molecule has 0 radical (unpaired) electrons. The molecule has 0 aromatic heterocycles. The minimum atomic E-state index is -1.18. The topological polar surface area (TPSA) is 3.24 Å². The fraction of sp³-hybridized carbons (Fsp3) is 1.00. The van der Waals surface area contributed by atoms with Crippen molar-refractivity contribution in [2.45, 2.75) is 65.5 Å². The van der Waals surface area contributed by atoms with Crippen molar-refractivity contribution in [2.75, 3.05) is 7.05 Å². The van der Waals surface area contributed by atoms with E-state index in [-0.39, 0.29) is 0 Å². The Labute approximate surface area is 107 Å². The Kier molecular flexibility index (Phi) is 4.73. The van der Waals surface area contributed by atoms with Gasteiger partial charge in [0.2, 0.25) is 0 Å². The number of rotatable bonds is 4. The Morgan fingerprint density at radius 1 is 0.500 bits per heavy atom. The predicted molar refractivity (Wildman–Crippen MR) is 89.4 cm³/mol. The largest absolute Gasteiger partial charge is 0.352 e. The van der Waals surface area contributed by atoms with Gasteiger partial charge in [-0.2, -0.15) is 0 Å². The molecule has 0 aromatic rings. The Morgan fingerprint density at radius 3 is 0.812 bits per heavy atom. The van der Waals surface area contributed by atoms with Gasteiger partial charge in [0.1, 0.15) is 15.5 Å². The first kappa shape index (κ1) is 16.8. The van der Waals surface area contributed by atoms with Gasteiger partial charge in [-0.25, -0.2) is 0 Å². The summed E-state index contributed by atoms with van der Waals surface area (Å²) in [5.41, 5.74) is 0. The first-order valence-electron chi connectivity index (χ1n) is 6.39. The monoisotopic (exact) mass is 291 g/mol. The van der Waals surface area contributed by atoms with Crippen LogP contribution in [-0.4, -0.2) is 42.0 Å². The van der Waals surface area contributed by atoms with Gasteiger partial charge in [-0.3, -0.25) is 0 Å². The molecule has 98 valence electrons. The van der Waals surface area contributed by atoms with Crippen molar-refractivity contribution in [3.05, 3.63) is 0 Å². The van der Waals surface area contributed by atoms with E-state index >= 15 is 0 Å². The summed E-state index contributed by atoms with van der Waals surface area (Å²) in [5, 5.41) is 0. The van der Waals surface area contributed by atoms with E-state index < -0.39 is 30.7 Å². The third kappa shape index (κ3) is 2.98. The standard InChI is InChI=1S/C11H33NSi4/c1-12(15(8,9)13(2,3)4)16(10,11)14(5,6)7/h1-11H3. The van der Waals surface area contributed by atoms with E-state index in [1.807, 2.05) is 0 Å². The third-order valence-electron chi connectivity index (χ3n) is 5.35. The van der Waals surface area contributed by atoms with E-state index in [0.717, 1.165) is 0 Å². The van der Waals surface area contributed by atoms with Gasteiger partial charge >= 0.3 is 0 Å². The van der Waals surface area contributed by atoms with E-state index in [9.17, 15) is 0 Å². The lowest BCUT2D eigenvalue weighted by atomic mass is 11.6. The molecular formula is C11H33NSi4. The molecule has 0 bridgehead atoms. The highest BCUT2D eigenvalue weighted by Gasteiger charge is 2.50. The Balaban J connectivity index is 5.30. The molecule has 5 heteroatoms. The van der Waals surface area contributed by atoms with Crippen LogP contribution in [0.25, 0.3) is 0 Å². The average molecular weight is 292 g/mol. The zero-order valence-corrected chi connectivity index (χ0v) is 17.4. The summed E-state index contributed by atoms with van der Waals surface area (Å²) >= 11 is 0. The van der Waals surface area contributed by atoms with Crippen molar-refractivity contribution in [3.63, 3.8) is 0 Å². The van der Waals surface area contributed by atoms with Gasteiger partial charge in [-0.05, 0) is 7.05 Å². The van der Waals surface area contributed by atoms with Crippen LogP contribution in [0.15, 0.2) is 0 Å². The fourth-order valence-electron chi connectivity index (χ4n) is 1.71. The van der Waals surface area contributed by atoms with Crippen molar-refractivity contribution in [1.29, 1.82) is 0 Å². The number of hydrogen-bond donors (Lipinski definition) is 0. The molecule has 0 aromatic carbocycles. The zero-order valence-electron chi connectivity index (χ0n) is 13.4. The van der Waals surface area contributed by atoms with Crippen molar-refractivity contribution < 1.29 is 0 Å². The molecule has 1 nitrogen and oxygen atoms in total. The van der Waals surface area contributed by atoms with Gasteiger partial charge in [0.15, 0.2) is 0 Å². The number of hydrogen-bond acceptors (Lipinski definition) is 1. The smallest absolute Gasteiger partial charge is 0.104 e. The SMILES string of the molecule is CN([Si](C)(C)[Si](C)(C)C)[Si](C)(C)[Si](C)(C)C. The predicted octanol–water partition coefficient (Wildman–Crippen LogP) is 4.16. The molecule has 0 unspecified atom stereocenters. The molecule has 0 saturated heterocycles. The maximum Gasteiger partial charge on any atom is 0.104 e. The van der Waals surface area contributed by atoms with Gasteiger partial charge in [-0.1, -0.05) is 65.5 Å². The van der Waals surface area contributed by atoms with Gasteiger partial charge in [-0.15, -0.1) is 0 Å². The Hall–Kier alpha value is 0.828. The van der Waals surface area contributed by atoms with Crippen LogP contribution in [0.5, 0.6) is 0 Å². The summed E-state index contributed by atoms with van der Waals surface area (Å²) in [5.74, 6) is 0. The molecule has 0 spiro atoms. The minimum absolute atomic E-state index is 1.01. The lowest BCUT2D eigenvalue weighted by Crippen LogP contribution is -2.76. The summed E-state index contributed by atoms with van der Waals surface area (Å²) in [6, 6.07) is 0. The highest BCUT2D eigenvalue weighted by molar-refractivity contribution is 7.47. The van der Waals surface area contributed by atoms with E-state index in [0.29, 0.717) is 0 Å². The normalized spacial score (nSPS) is 15.8. The molecule has 0 saturated carbocycles. The van der Waals surface area contributed by atoms with Gasteiger partial charge in [0.05, 0.1) is 15.2 Å². The van der Waals surface area contributed by atoms with E-state index in [1.54, 1.807) is 0 Å². The van der Waals surface area contributed by atoms with Crippen LogP contribution in [0.1, 0.15) is 0 Å². The molecule has 0 heterocycles. The van der Waals surface area contributed by atoms with E-state index in [4.69, 9.17) is 0 Å². The van der Waals surface area contributed by atoms with Gasteiger partial charge < -0.3 is 4.23 Å². The van der Waals surface area contributed by atoms with Gasteiger partial charge in [0, 0.05) is 0 Å². The molecule has 0 aliphatic carbocycles. The zero-order chi connectivity index (χ0) is 13.6. The molecular weight excluding hydrogens is 258 g/mol. The highest BCUT2D eigenvalue weighted by Crippen LogP contribution is 2.31. The third-order valence-corrected chi connectivity index (χ3v) is 44.8. The highest BCUT2D eigenvalue weighted by atomic mass is 29.3. The molecule has 0 rings (SSSR count). The van der Waals surface area contributed by atoms with Crippen LogP contribution >= 0.6 is 0 Å². The summed E-state index contributed by atoms with van der Waals surface area (Å²) in [6.45, 7) is 25.8. The molecule has 0 atom stereocenters. The molecule has 0 N–H and O–H groups in total. The molecule has 0 fully saturated rings. The summed E-state index contributed by atoms with van der Waals surface area (Å²) in [7, 11) is -1.95. The van der Waals surface area contributed by atoms with Crippen LogP contribution in [0, 0.1) is 0 Å². The lowest BCUT2D eigenvalue weighted by Gasteiger charge is -2.54.